The summed E-state index contributed by atoms with van der Waals surface area (Å²) in [4.78, 5) is 11.3. The van der Waals surface area contributed by atoms with E-state index in [1.165, 1.54) is 28.7 Å². The molecule has 0 amide bonds. The summed E-state index contributed by atoms with van der Waals surface area (Å²) in [6.45, 7) is 0. The second-order valence-electron chi connectivity index (χ2n) is 6.59. The first kappa shape index (κ1) is 17.1. The van der Waals surface area contributed by atoms with E-state index in [-0.39, 0.29) is 5.97 Å². The van der Waals surface area contributed by atoms with Crippen LogP contribution in [-0.2, 0) is 16.0 Å². The van der Waals surface area contributed by atoms with Crippen molar-refractivity contribution in [3.05, 3.63) is 84.4 Å². The molecule has 0 saturated heterocycles. The lowest BCUT2D eigenvalue weighted by atomic mass is 10.0. The van der Waals surface area contributed by atoms with Crippen LogP contribution in [0.4, 0.5) is 11.4 Å². The highest BCUT2D eigenvalue weighted by molar-refractivity contribution is 6.11. The van der Waals surface area contributed by atoms with Gasteiger partial charge in [0.05, 0.1) is 7.11 Å². The number of esters is 1. The molecule has 0 unspecified atom stereocenters. The average Bonchev–Trinajstić information content (AvgIpc) is 2.73. The van der Waals surface area contributed by atoms with E-state index in [2.05, 4.69) is 59.9 Å². The monoisotopic (exact) mass is 355 g/mol. The van der Waals surface area contributed by atoms with E-state index in [1.54, 1.807) is 0 Å². The van der Waals surface area contributed by atoms with Gasteiger partial charge in [0.1, 0.15) is 0 Å². The van der Waals surface area contributed by atoms with Crippen LogP contribution in [0.5, 0.6) is 0 Å². The smallest absolute Gasteiger partial charge is 0.305 e. The number of aryl methyl sites for hydroxylation is 1. The van der Waals surface area contributed by atoms with Crippen LogP contribution in [0, 0.1) is 0 Å². The van der Waals surface area contributed by atoms with E-state index in [0.717, 1.165) is 16.9 Å². The first-order valence-corrected chi connectivity index (χ1v) is 9.08. The molecule has 134 valence electrons. The van der Waals surface area contributed by atoms with Gasteiger partial charge in [-0.1, -0.05) is 60.7 Å². The third-order valence-electron chi connectivity index (χ3n) is 4.87. The molecule has 4 aromatic rings. The van der Waals surface area contributed by atoms with Crippen LogP contribution in [0.3, 0.4) is 0 Å². The van der Waals surface area contributed by atoms with Crippen molar-refractivity contribution >= 4 is 38.9 Å². The van der Waals surface area contributed by atoms with E-state index in [4.69, 9.17) is 4.74 Å². The molecule has 0 fully saturated rings. The van der Waals surface area contributed by atoms with Crippen molar-refractivity contribution in [2.45, 2.75) is 12.8 Å². The molecule has 1 N–H and O–H groups in total. The fourth-order valence-electron chi connectivity index (χ4n) is 3.41. The summed E-state index contributed by atoms with van der Waals surface area (Å²) >= 11 is 0. The maximum absolute atomic E-state index is 11.3. The Kier molecular flexibility index (Phi) is 4.75. The molecular weight excluding hydrogens is 334 g/mol. The quantitative estimate of drug-likeness (QED) is 0.361. The molecule has 0 heterocycles. The van der Waals surface area contributed by atoms with Gasteiger partial charge in [0.25, 0.3) is 0 Å². The highest BCUT2D eigenvalue weighted by atomic mass is 16.5. The molecule has 27 heavy (non-hydrogen) atoms. The molecule has 0 radical (unpaired) electrons. The summed E-state index contributed by atoms with van der Waals surface area (Å²) in [7, 11) is 1.42. The zero-order valence-corrected chi connectivity index (χ0v) is 15.2. The van der Waals surface area contributed by atoms with Crippen molar-refractivity contribution in [3.63, 3.8) is 0 Å². The highest BCUT2D eigenvalue weighted by Gasteiger charge is 2.06. The fourth-order valence-corrected chi connectivity index (χ4v) is 3.41. The van der Waals surface area contributed by atoms with Gasteiger partial charge in [-0.25, -0.2) is 0 Å². The molecule has 0 aliphatic heterocycles. The number of fused-ring (bicyclic) bond motifs is 3. The van der Waals surface area contributed by atoms with E-state index >= 15 is 0 Å². The van der Waals surface area contributed by atoms with Gasteiger partial charge in [-0.15, -0.1) is 0 Å². The Morgan fingerprint density at radius 3 is 2.41 bits per heavy atom. The number of methoxy groups -OCH3 is 1. The predicted octanol–water partition coefficient (Wildman–Crippen LogP) is 5.84. The number of ether oxygens (including phenoxy) is 1. The van der Waals surface area contributed by atoms with Crippen molar-refractivity contribution in [3.8, 4) is 0 Å². The first-order chi connectivity index (χ1) is 13.2. The molecule has 3 nitrogen and oxygen atoms in total. The Labute approximate surface area is 158 Å². The lowest BCUT2D eigenvalue weighted by molar-refractivity contribution is -0.140. The van der Waals surface area contributed by atoms with Crippen molar-refractivity contribution in [2.75, 3.05) is 12.4 Å². The third-order valence-corrected chi connectivity index (χ3v) is 4.87. The molecule has 3 heteroatoms. The Morgan fingerprint density at radius 1 is 0.815 bits per heavy atom. The van der Waals surface area contributed by atoms with Gasteiger partial charge in [0.15, 0.2) is 0 Å². The van der Waals surface area contributed by atoms with Gasteiger partial charge < -0.3 is 10.1 Å². The second-order valence-corrected chi connectivity index (χ2v) is 6.59. The van der Waals surface area contributed by atoms with E-state index in [0.29, 0.717) is 12.8 Å². The lowest BCUT2D eigenvalue weighted by Crippen LogP contribution is -2.01. The Hall–Kier alpha value is -3.33. The van der Waals surface area contributed by atoms with Crippen LogP contribution in [0.25, 0.3) is 21.5 Å². The average molecular weight is 355 g/mol. The predicted molar refractivity (Wildman–Crippen MR) is 112 cm³/mol. The maximum Gasteiger partial charge on any atom is 0.305 e. The van der Waals surface area contributed by atoms with E-state index in [1.807, 2.05) is 24.3 Å². The summed E-state index contributed by atoms with van der Waals surface area (Å²) in [5, 5.41) is 8.47. The summed E-state index contributed by atoms with van der Waals surface area (Å²) in [5.41, 5.74) is 3.23. The van der Waals surface area contributed by atoms with E-state index < -0.39 is 0 Å². The van der Waals surface area contributed by atoms with Crippen molar-refractivity contribution in [1.82, 2.24) is 0 Å². The number of carbonyl (C=O) groups excluding carboxylic acids is 1. The molecule has 0 saturated carbocycles. The molecule has 0 aromatic heterocycles. The normalized spacial score (nSPS) is 10.9. The standard InChI is InChI=1S/C24H21NO2/c1-27-24(26)16-11-17-9-13-19(14-10-17)25-23-8-4-7-21-20-6-3-2-5-18(20)12-15-22(21)23/h2-10,12-15,25H,11,16H2,1H3. The van der Waals surface area contributed by atoms with Crippen molar-refractivity contribution in [2.24, 2.45) is 0 Å². The number of benzene rings is 4. The molecule has 4 rings (SSSR count). The van der Waals surface area contributed by atoms with Crippen LogP contribution >= 0.6 is 0 Å². The van der Waals surface area contributed by atoms with Gasteiger partial charge in [-0.05, 0) is 46.3 Å². The minimum atomic E-state index is -0.180. The number of anilines is 2. The number of rotatable bonds is 5. The van der Waals surface area contributed by atoms with Crippen LogP contribution in [0.2, 0.25) is 0 Å². The van der Waals surface area contributed by atoms with Gasteiger partial charge >= 0.3 is 5.97 Å². The maximum atomic E-state index is 11.3. The third kappa shape index (κ3) is 3.63. The SMILES string of the molecule is COC(=O)CCc1ccc(Nc2cccc3c2ccc2ccccc23)cc1. The number of hydrogen-bond donors (Lipinski definition) is 1. The Balaban J connectivity index is 1.60. The lowest BCUT2D eigenvalue weighted by Gasteiger charge is -2.12. The molecule has 0 aliphatic carbocycles. The Morgan fingerprint density at radius 2 is 1.59 bits per heavy atom. The van der Waals surface area contributed by atoms with Crippen LogP contribution < -0.4 is 5.32 Å². The molecule has 4 aromatic carbocycles. The largest absolute Gasteiger partial charge is 0.469 e. The number of hydrogen-bond acceptors (Lipinski definition) is 3. The zero-order valence-electron chi connectivity index (χ0n) is 15.2. The molecule has 0 atom stereocenters. The van der Waals surface area contributed by atoms with Crippen LogP contribution in [-0.4, -0.2) is 13.1 Å². The summed E-state index contributed by atoms with van der Waals surface area (Å²) in [6, 6.07) is 27.3. The highest BCUT2D eigenvalue weighted by Crippen LogP contribution is 2.31. The number of nitrogens with one attached hydrogen (secondary N) is 1. The minimum absolute atomic E-state index is 0.180. The number of carbonyl (C=O) groups is 1. The molecule has 0 bridgehead atoms. The Bertz CT molecular complexity index is 1100. The summed E-state index contributed by atoms with van der Waals surface area (Å²) in [6.07, 6.45) is 1.09. The van der Waals surface area contributed by atoms with Crippen LogP contribution in [0.15, 0.2) is 78.9 Å². The fraction of sp³-hybridized carbons (Fsp3) is 0.125. The first-order valence-electron chi connectivity index (χ1n) is 9.08. The summed E-state index contributed by atoms with van der Waals surface area (Å²) in [5.74, 6) is -0.180. The van der Waals surface area contributed by atoms with Gasteiger partial charge in [-0.3, -0.25) is 4.79 Å². The van der Waals surface area contributed by atoms with Gasteiger partial charge in [-0.2, -0.15) is 0 Å². The molecule has 0 spiro atoms. The molecule has 0 aliphatic rings. The van der Waals surface area contributed by atoms with E-state index in [9.17, 15) is 4.79 Å². The van der Waals surface area contributed by atoms with Gasteiger partial charge in [0.2, 0.25) is 0 Å². The minimum Gasteiger partial charge on any atom is -0.469 e. The summed E-state index contributed by atoms with van der Waals surface area (Å²) < 4.78 is 4.69. The van der Waals surface area contributed by atoms with Gasteiger partial charge in [0, 0.05) is 23.2 Å². The zero-order chi connectivity index (χ0) is 18.6. The van der Waals surface area contributed by atoms with Crippen LogP contribution in [0.1, 0.15) is 12.0 Å². The van der Waals surface area contributed by atoms with Crippen molar-refractivity contribution in [1.29, 1.82) is 0 Å². The second kappa shape index (κ2) is 7.50. The topological polar surface area (TPSA) is 38.3 Å². The van der Waals surface area contributed by atoms with Crippen molar-refractivity contribution < 1.29 is 9.53 Å². The molecular formula is C24H21NO2.